The summed E-state index contributed by atoms with van der Waals surface area (Å²) in [7, 11) is 0. The third-order valence-electron chi connectivity index (χ3n) is 6.07. The topological polar surface area (TPSA) is 67.1 Å². The number of anilines is 1. The van der Waals surface area contributed by atoms with Crippen LogP contribution in [-0.4, -0.2) is 46.4 Å². The first-order valence-electron chi connectivity index (χ1n) is 9.70. The average Bonchev–Trinajstić information content (AvgIpc) is 3.03. The summed E-state index contributed by atoms with van der Waals surface area (Å²) in [5.74, 6) is 0.760. The van der Waals surface area contributed by atoms with Crippen LogP contribution in [0.4, 0.5) is 5.95 Å². The van der Waals surface area contributed by atoms with Gasteiger partial charge in [-0.1, -0.05) is 19.3 Å². The van der Waals surface area contributed by atoms with Crippen LogP contribution in [0.3, 0.4) is 0 Å². The predicted octanol–water partition coefficient (Wildman–Crippen LogP) is 2.69. The van der Waals surface area contributed by atoms with Gasteiger partial charge in [-0.15, -0.1) is 0 Å². The van der Waals surface area contributed by atoms with Gasteiger partial charge < -0.3 is 15.2 Å². The van der Waals surface area contributed by atoms with Crippen LogP contribution in [0.2, 0.25) is 0 Å². The van der Waals surface area contributed by atoms with Crippen molar-refractivity contribution in [3.05, 3.63) is 18.0 Å². The van der Waals surface area contributed by atoms with E-state index >= 15 is 0 Å². The molecule has 0 unspecified atom stereocenters. The summed E-state index contributed by atoms with van der Waals surface area (Å²) >= 11 is 0. The molecule has 0 bridgehead atoms. The Hall–Kier alpha value is -1.95. The van der Waals surface area contributed by atoms with Crippen LogP contribution in [0.5, 0.6) is 0 Å². The molecular formula is C19H26N6. The van der Waals surface area contributed by atoms with Crippen molar-refractivity contribution >= 4 is 23.2 Å². The molecule has 1 atom stereocenters. The van der Waals surface area contributed by atoms with Crippen LogP contribution < -0.4 is 10.6 Å². The van der Waals surface area contributed by atoms with Gasteiger partial charge >= 0.3 is 0 Å². The molecule has 0 radical (unpaired) electrons. The van der Waals surface area contributed by atoms with E-state index in [1.54, 1.807) is 0 Å². The maximum atomic E-state index is 4.94. The van der Waals surface area contributed by atoms with E-state index in [-0.39, 0.29) is 5.54 Å². The minimum atomic E-state index is 0.127. The summed E-state index contributed by atoms with van der Waals surface area (Å²) in [5, 5.41) is 8.10. The van der Waals surface area contributed by atoms with Crippen molar-refractivity contribution in [1.29, 1.82) is 0 Å². The highest BCUT2D eigenvalue weighted by atomic mass is 15.2. The Labute approximate surface area is 148 Å². The summed E-state index contributed by atoms with van der Waals surface area (Å²) in [6.07, 6.45) is 12.7. The fourth-order valence-corrected chi connectivity index (χ4v) is 4.80. The fourth-order valence-electron chi connectivity index (χ4n) is 4.80. The zero-order valence-corrected chi connectivity index (χ0v) is 14.7. The second-order valence-electron chi connectivity index (χ2n) is 7.82. The fraction of sp³-hybridized carbons (Fsp3) is 0.632. The molecule has 6 heteroatoms. The highest BCUT2D eigenvalue weighted by Crippen LogP contribution is 2.40. The average molecular weight is 338 g/mol. The van der Waals surface area contributed by atoms with Crippen LogP contribution in [-0.2, 0) is 5.54 Å². The van der Waals surface area contributed by atoms with Gasteiger partial charge in [0.05, 0.1) is 17.8 Å². The molecule has 2 aliphatic heterocycles. The lowest BCUT2D eigenvalue weighted by molar-refractivity contribution is 0.204. The van der Waals surface area contributed by atoms with Gasteiger partial charge in [-0.05, 0) is 38.3 Å². The van der Waals surface area contributed by atoms with Gasteiger partial charge in [0.15, 0.2) is 0 Å². The van der Waals surface area contributed by atoms with Crippen LogP contribution in [0, 0.1) is 0 Å². The third-order valence-corrected chi connectivity index (χ3v) is 6.07. The highest BCUT2D eigenvalue weighted by molar-refractivity contribution is 5.90. The van der Waals surface area contributed by atoms with Gasteiger partial charge in [0, 0.05) is 30.4 Å². The molecular weight excluding hydrogens is 312 g/mol. The molecule has 2 aromatic rings. The molecule has 6 nitrogen and oxygen atoms in total. The quantitative estimate of drug-likeness (QED) is 0.883. The second-order valence-corrected chi connectivity index (χ2v) is 7.82. The van der Waals surface area contributed by atoms with Crippen molar-refractivity contribution in [1.82, 2.24) is 19.9 Å². The number of aliphatic imine (C=N–C) groups is 1. The lowest BCUT2D eigenvalue weighted by Crippen LogP contribution is -2.42. The SMILES string of the molecule is C1=NCC2(CCCCC2)n2c1cc1cnc(N[C@H]3CCCNC3)nc12. The van der Waals surface area contributed by atoms with Gasteiger partial charge in [0.2, 0.25) is 5.95 Å². The normalized spacial score (nSPS) is 25.2. The summed E-state index contributed by atoms with van der Waals surface area (Å²) in [5.41, 5.74) is 2.39. The molecule has 0 amide bonds. The molecule has 1 saturated heterocycles. The number of nitrogens with one attached hydrogen (secondary N) is 2. The Bertz CT molecular complexity index is 796. The molecule has 1 spiro atoms. The van der Waals surface area contributed by atoms with E-state index in [4.69, 9.17) is 4.98 Å². The minimum Gasteiger partial charge on any atom is -0.350 e. The van der Waals surface area contributed by atoms with Gasteiger partial charge in [-0.25, -0.2) is 4.98 Å². The first-order chi connectivity index (χ1) is 12.3. The smallest absolute Gasteiger partial charge is 0.224 e. The van der Waals surface area contributed by atoms with Gasteiger partial charge in [0.25, 0.3) is 0 Å². The molecule has 2 aromatic heterocycles. The van der Waals surface area contributed by atoms with Gasteiger partial charge in [0.1, 0.15) is 5.65 Å². The summed E-state index contributed by atoms with van der Waals surface area (Å²) in [6.45, 7) is 3.00. The third kappa shape index (κ3) is 2.63. The van der Waals surface area contributed by atoms with Crippen LogP contribution in [0.15, 0.2) is 17.3 Å². The maximum absolute atomic E-state index is 4.94. The van der Waals surface area contributed by atoms with Crippen molar-refractivity contribution in [2.45, 2.75) is 56.5 Å². The first-order valence-corrected chi connectivity index (χ1v) is 9.70. The number of aromatic nitrogens is 3. The molecule has 1 aliphatic carbocycles. The molecule has 4 heterocycles. The van der Waals surface area contributed by atoms with Crippen molar-refractivity contribution in [2.75, 3.05) is 25.0 Å². The molecule has 5 rings (SSSR count). The Kier molecular flexibility index (Phi) is 3.73. The molecule has 3 aliphatic rings. The zero-order chi connectivity index (χ0) is 16.7. The zero-order valence-electron chi connectivity index (χ0n) is 14.7. The lowest BCUT2D eigenvalue weighted by atomic mass is 9.80. The van der Waals surface area contributed by atoms with Gasteiger partial charge in [-0.3, -0.25) is 4.99 Å². The highest BCUT2D eigenvalue weighted by Gasteiger charge is 2.38. The van der Waals surface area contributed by atoms with Crippen molar-refractivity contribution in [2.24, 2.45) is 4.99 Å². The van der Waals surface area contributed by atoms with Crippen molar-refractivity contribution in [3.8, 4) is 0 Å². The molecule has 2 N–H and O–H groups in total. The number of fused-ring (bicyclic) bond motifs is 4. The summed E-state index contributed by atoms with van der Waals surface area (Å²) < 4.78 is 2.47. The van der Waals surface area contributed by atoms with Crippen molar-refractivity contribution in [3.63, 3.8) is 0 Å². The van der Waals surface area contributed by atoms with Crippen LogP contribution in [0.25, 0.3) is 11.0 Å². The Morgan fingerprint density at radius 2 is 2.12 bits per heavy atom. The van der Waals surface area contributed by atoms with E-state index in [0.717, 1.165) is 36.6 Å². The van der Waals surface area contributed by atoms with Crippen LogP contribution >= 0.6 is 0 Å². The molecule has 132 valence electrons. The van der Waals surface area contributed by atoms with E-state index in [1.165, 1.54) is 50.6 Å². The van der Waals surface area contributed by atoms with Crippen molar-refractivity contribution < 1.29 is 0 Å². The standard InChI is InChI=1S/C19H26N6/c1-2-6-19(7-3-1)13-21-12-16-9-14-10-22-18(24-17(14)25(16)19)23-15-5-4-8-20-11-15/h9-10,12,15,20H,1-8,11,13H2,(H,22,23,24)/t15-/m0/s1. The molecule has 25 heavy (non-hydrogen) atoms. The van der Waals surface area contributed by atoms with E-state index in [9.17, 15) is 0 Å². The van der Waals surface area contributed by atoms with Gasteiger partial charge in [-0.2, -0.15) is 4.98 Å². The largest absolute Gasteiger partial charge is 0.350 e. The lowest BCUT2D eigenvalue weighted by Gasteiger charge is -2.40. The van der Waals surface area contributed by atoms with Crippen LogP contribution in [0.1, 0.15) is 50.6 Å². The monoisotopic (exact) mass is 338 g/mol. The summed E-state index contributed by atoms with van der Waals surface area (Å²) in [4.78, 5) is 14.2. The number of nitrogens with zero attached hydrogens (tertiary/aromatic N) is 4. The second kappa shape index (κ2) is 6.09. The van der Waals surface area contributed by atoms with E-state index in [0.29, 0.717) is 6.04 Å². The number of piperidine rings is 1. The molecule has 0 aromatic carbocycles. The molecule has 1 saturated carbocycles. The number of rotatable bonds is 2. The Balaban J connectivity index is 1.54. The number of hydrogen-bond acceptors (Lipinski definition) is 5. The Morgan fingerprint density at radius 1 is 1.20 bits per heavy atom. The van der Waals surface area contributed by atoms with E-state index < -0.39 is 0 Å². The predicted molar refractivity (Wildman–Crippen MR) is 101 cm³/mol. The van der Waals surface area contributed by atoms with E-state index in [1.807, 2.05) is 12.4 Å². The maximum Gasteiger partial charge on any atom is 0.224 e. The summed E-state index contributed by atoms with van der Waals surface area (Å²) in [6, 6.07) is 2.62. The first kappa shape index (κ1) is 15.3. The molecule has 2 fully saturated rings. The number of hydrogen-bond donors (Lipinski definition) is 2. The minimum absolute atomic E-state index is 0.127. The van der Waals surface area contributed by atoms with E-state index in [2.05, 4.69) is 31.2 Å². The Morgan fingerprint density at radius 3 is 2.96 bits per heavy atom.